The Hall–Kier alpha value is -1.56. The Labute approximate surface area is 126 Å². The van der Waals surface area contributed by atoms with E-state index in [9.17, 15) is 4.79 Å². The maximum atomic E-state index is 12.2. The molecule has 2 N–H and O–H groups in total. The van der Waals surface area contributed by atoms with Crippen molar-refractivity contribution in [3.05, 3.63) is 17.0 Å². The fourth-order valence-corrected chi connectivity index (χ4v) is 2.59. The summed E-state index contributed by atoms with van der Waals surface area (Å²) in [6, 6.07) is 0.298. The number of nitrogens with zero attached hydrogens (tertiary/aromatic N) is 3. The number of ether oxygens (including phenoxy) is 1. The van der Waals surface area contributed by atoms with Gasteiger partial charge in [0.2, 0.25) is 0 Å². The summed E-state index contributed by atoms with van der Waals surface area (Å²) < 4.78 is 7.48. The molecule has 1 aromatic rings. The molecule has 21 heavy (non-hydrogen) atoms. The normalized spacial score (nSPS) is 15.3. The highest BCUT2D eigenvalue weighted by Gasteiger charge is 2.30. The van der Waals surface area contributed by atoms with E-state index in [1.807, 2.05) is 25.5 Å². The zero-order valence-electron chi connectivity index (χ0n) is 13.6. The highest BCUT2D eigenvalue weighted by atomic mass is 16.6. The predicted molar refractivity (Wildman–Crippen MR) is 80.9 cm³/mol. The number of amides is 1. The minimum atomic E-state index is -0.476. The summed E-state index contributed by atoms with van der Waals surface area (Å²) >= 11 is 0. The summed E-state index contributed by atoms with van der Waals surface area (Å²) in [4.78, 5) is 13.9. The van der Waals surface area contributed by atoms with Gasteiger partial charge in [-0.05, 0) is 34.6 Å². The van der Waals surface area contributed by atoms with Crippen LogP contribution in [0.2, 0.25) is 0 Å². The number of aromatic nitrogens is 2. The molecule has 0 saturated heterocycles. The van der Waals surface area contributed by atoms with E-state index < -0.39 is 5.60 Å². The molecule has 0 aromatic carbocycles. The Balaban J connectivity index is 2.22. The topological polar surface area (TPSA) is 73.4 Å². The summed E-state index contributed by atoms with van der Waals surface area (Å²) in [6.45, 7) is 11.4. The maximum absolute atomic E-state index is 12.2. The lowest BCUT2D eigenvalue weighted by atomic mass is 10.1. The van der Waals surface area contributed by atoms with Gasteiger partial charge in [0, 0.05) is 36.8 Å². The molecule has 0 atom stereocenters. The van der Waals surface area contributed by atoms with E-state index in [1.54, 1.807) is 4.90 Å². The van der Waals surface area contributed by atoms with Crippen molar-refractivity contribution in [2.75, 3.05) is 6.54 Å². The first-order chi connectivity index (χ1) is 9.73. The van der Waals surface area contributed by atoms with Crippen LogP contribution in [0.3, 0.4) is 0 Å². The molecule has 0 aliphatic carbocycles. The monoisotopic (exact) mass is 294 g/mol. The third-order valence-corrected chi connectivity index (χ3v) is 3.50. The fraction of sp³-hybridized carbons (Fsp3) is 0.733. The van der Waals surface area contributed by atoms with Crippen LogP contribution in [0.1, 0.15) is 57.6 Å². The number of carbonyl (C=O) groups excluding carboxylic acids is 1. The van der Waals surface area contributed by atoms with Gasteiger partial charge in [-0.3, -0.25) is 4.68 Å². The van der Waals surface area contributed by atoms with Gasteiger partial charge in [0.05, 0.1) is 12.2 Å². The lowest BCUT2D eigenvalue weighted by molar-refractivity contribution is 0.0222. The summed E-state index contributed by atoms with van der Waals surface area (Å²) in [6.07, 6.45) is 0.521. The van der Waals surface area contributed by atoms with E-state index in [0.717, 1.165) is 17.7 Å². The Morgan fingerprint density at radius 1 is 1.43 bits per heavy atom. The van der Waals surface area contributed by atoms with Crippen molar-refractivity contribution in [3.8, 4) is 0 Å². The third kappa shape index (κ3) is 3.37. The summed E-state index contributed by atoms with van der Waals surface area (Å²) in [5.41, 5.74) is 8.49. The second kappa shape index (κ2) is 5.67. The molecular formula is C15H26N4O2. The molecule has 1 aliphatic rings. The van der Waals surface area contributed by atoms with Gasteiger partial charge in [-0.1, -0.05) is 0 Å². The van der Waals surface area contributed by atoms with Crippen LogP contribution >= 0.6 is 0 Å². The van der Waals surface area contributed by atoms with Crippen LogP contribution in [0, 0.1) is 0 Å². The van der Waals surface area contributed by atoms with Crippen LogP contribution in [0.15, 0.2) is 0 Å². The number of nitrogens with two attached hydrogens (primary N) is 1. The molecule has 6 nitrogen and oxygen atoms in total. The van der Waals surface area contributed by atoms with Crippen molar-refractivity contribution in [2.24, 2.45) is 5.73 Å². The van der Waals surface area contributed by atoms with E-state index in [0.29, 0.717) is 25.7 Å². The summed E-state index contributed by atoms with van der Waals surface area (Å²) in [5, 5.41) is 4.59. The Kier molecular flexibility index (Phi) is 4.27. The zero-order chi connectivity index (χ0) is 15.8. The Morgan fingerprint density at radius 2 is 2.10 bits per heavy atom. The molecule has 6 heteroatoms. The number of carbonyl (C=O) groups is 1. The maximum Gasteiger partial charge on any atom is 0.410 e. The molecule has 0 saturated carbocycles. The molecule has 2 rings (SSSR count). The molecule has 0 spiro atoms. The van der Waals surface area contributed by atoms with Crippen molar-refractivity contribution < 1.29 is 9.53 Å². The molecule has 1 aromatic heterocycles. The molecule has 0 fully saturated rings. The smallest absolute Gasteiger partial charge is 0.410 e. The quantitative estimate of drug-likeness (QED) is 0.907. The highest BCUT2D eigenvalue weighted by Crippen LogP contribution is 2.26. The molecular weight excluding hydrogens is 268 g/mol. The lowest BCUT2D eigenvalue weighted by Crippen LogP contribution is -2.40. The number of hydrogen-bond donors (Lipinski definition) is 1. The predicted octanol–water partition coefficient (Wildman–Crippen LogP) is 2.22. The molecule has 118 valence electrons. The van der Waals surface area contributed by atoms with E-state index in [2.05, 4.69) is 18.9 Å². The van der Waals surface area contributed by atoms with Crippen LogP contribution in [0.25, 0.3) is 0 Å². The SMILES string of the molecule is CC(C)n1nc(CN)c2c1CCN(C(=O)OC(C)(C)C)C2. The summed E-state index contributed by atoms with van der Waals surface area (Å²) in [5.74, 6) is 0. The minimum Gasteiger partial charge on any atom is -0.444 e. The van der Waals surface area contributed by atoms with Gasteiger partial charge >= 0.3 is 6.09 Å². The van der Waals surface area contributed by atoms with Gasteiger partial charge in [0.25, 0.3) is 0 Å². The van der Waals surface area contributed by atoms with E-state index in [-0.39, 0.29) is 6.09 Å². The first-order valence-electron chi connectivity index (χ1n) is 7.50. The van der Waals surface area contributed by atoms with Crippen molar-refractivity contribution in [1.29, 1.82) is 0 Å². The molecule has 1 amide bonds. The second-order valence-corrected chi connectivity index (χ2v) is 6.77. The van der Waals surface area contributed by atoms with Crippen LogP contribution in [0.5, 0.6) is 0 Å². The van der Waals surface area contributed by atoms with Crippen LogP contribution in [-0.4, -0.2) is 32.9 Å². The van der Waals surface area contributed by atoms with Crippen LogP contribution < -0.4 is 5.73 Å². The average molecular weight is 294 g/mol. The van der Waals surface area contributed by atoms with Gasteiger partial charge in [-0.15, -0.1) is 0 Å². The molecule has 1 aliphatic heterocycles. The molecule has 0 bridgehead atoms. The van der Waals surface area contributed by atoms with Gasteiger partial charge < -0.3 is 15.4 Å². The Morgan fingerprint density at radius 3 is 2.62 bits per heavy atom. The van der Waals surface area contributed by atoms with Gasteiger partial charge in [-0.25, -0.2) is 4.79 Å². The second-order valence-electron chi connectivity index (χ2n) is 6.77. The first kappa shape index (κ1) is 15.8. The number of fused-ring (bicyclic) bond motifs is 1. The Bertz CT molecular complexity index is 529. The summed E-state index contributed by atoms with van der Waals surface area (Å²) in [7, 11) is 0. The molecule has 0 unspecified atom stereocenters. The fourth-order valence-electron chi connectivity index (χ4n) is 2.59. The minimum absolute atomic E-state index is 0.270. The largest absolute Gasteiger partial charge is 0.444 e. The van der Waals surface area contributed by atoms with Gasteiger partial charge in [0.15, 0.2) is 0 Å². The standard InChI is InChI=1S/C15H26N4O2/c1-10(2)19-13-6-7-18(14(20)21-15(3,4)5)9-11(13)12(8-16)17-19/h10H,6-9,16H2,1-5H3. The van der Waals surface area contributed by atoms with Crippen LogP contribution in [-0.2, 0) is 24.2 Å². The number of hydrogen-bond acceptors (Lipinski definition) is 4. The highest BCUT2D eigenvalue weighted by molar-refractivity contribution is 5.68. The van der Waals surface area contributed by atoms with Crippen molar-refractivity contribution in [2.45, 2.75) is 65.8 Å². The number of rotatable bonds is 2. The molecule has 0 radical (unpaired) electrons. The van der Waals surface area contributed by atoms with E-state index in [4.69, 9.17) is 10.5 Å². The molecule has 2 heterocycles. The average Bonchev–Trinajstić information content (AvgIpc) is 2.74. The van der Waals surface area contributed by atoms with E-state index >= 15 is 0 Å². The lowest BCUT2D eigenvalue weighted by Gasteiger charge is -2.30. The van der Waals surface area contributed by atoms with Crippen molar-refractivity contribution in [3.63, 3.8) is 0 Å². The van der Waals surface area contributed by atoms with Crippen LogP contribution in [0.4, 0.5) is 4.79 Å². The first-order valence-corrected chi connectivity index (χ1v) is 7.50. The third-order valence-electron chi connectivity index (χ3n) is 3.50. The van der Waals surface area contributed by atoms with Gasteiger partial charge in [0.1, 0.15) is 5.60 Å². The van der Waals surface area contributed by atoms with E-state index in [1.165, 1.54) is 5.69 Å². The van der Waals surface area contributed by atoms with Gasteiger partial charge in [-0.2, -0.15) is 5.10 Å². The van der Waals surface area contributed by atoms with Crippen molar-refractivity contribution >= 4 is 6.09 Å². The van der Waals surface area contributed by atoms with Crippen molar-refractivity contribution in [1.82, 2.24) is 14.7 Å². The zero-order valence-corrected chi connectivity index (χ0v) is 13.6.